The van der Waals surface area contributed by atoms with E-state index in [9.17, 15) is 0 Å². The van der Waals surface area contributed by atoms with Crippen LogP contribution in [-0.2, 0) is 27.2 Å². The van der Waals surface area contributed by atoms with Crippen LogP contribution in [0, 0.1) is 41.5 Å². The summed E-state index contributed by atoms with van der Waals surface area (Å²) in [6.45, 7) is 20.2. The number of hydrogen-bond acceptors (Lipinski definition) is 2. The molecule has 4 nitrogen and oxygen atoms in total. The number of aromatic nitrogens is 2. The Kier molecular flexibility index (Phi) is 6.31. The van der Waals surface area contributed by atoms with Gasteiger partial charge in [-0.3, -0.25) is 9.80 Å². The second-order valence-corrected chi connectivity index (χ2v) is 11.0. The molecular formula is C31H42N4. The van der Waals surface area contributed by atoms with E-state index in [2.05, 4.69) is 98.8 Å². The first kappa shape index (κ1) is 24.1. The highest BCUT2D eigenvalue weighted by Crippen LogP contribution is 2.29. The van der Waals surface area contributed by atoms with Gasteiger partial charge < -0.3 is 9.13 Å². The second-order valence-electron chi connectivity index (χ2n) is 11.0. The van der Waals surface area contributed by atoms with Gasteiger partial charge in [0, 0.05) is 73.5 Å². The quantitative estimate of drug-likeness (QED) is 0.352. The molecule has 5 rings (SSSR count). The van der Waals surface area contributed by atoms with Crippen LogP contribution in [0.3, 0.4) is 0 Å². The summed E-state index contributed by atoms with van der Waals surface area (Å²) >= 11 is 0. The second kappa shape index (κ2) is 9.15. The van der Waals surface area contributed by atoms with Gasteiger partial charge in [-0.1, -0.05) is 0 Å². The maximum atomic E-state index is 2.65. The molecule has 3 heterocycles. The van der Waals surface area contributed by atoms with E-state index < -0.39 is 0 Å². The van der Waals surface area contributed by atoms with E-state index in [1.54, 1.807) is 0 Å². The van der Waals surface area contributed by atoms with E-state index in [0.29, 0.717) is 0 Å². The Balaban J connectivity index is 1.31. The van der Waals surface area contributed by atoms with Crippen molar-refractivity contribution in [3.63, 3.8) is 0 Å². The molecule has 0 spiro atoms. The lowest BCUT2D eigenvalue weighted by Gasteiger charge is -2.22. The van der Waals surface area contributed by atoms with Crippen LogP contribution >= 0.6 is 0 Å². The summed E-state index contributed by atoms with van der Waals surface area (Å²) in [6, 6.07) is 9.59. The number of hydrogen-bond donors (Lipinski definition) is 0. The summed E-state index contributed by atoms with van der Waals surface area (Å²) in [7, 11) is 4.48. The molecule has 0 bridgehead atoms. The average Bonchev–Trinajstić information content (AvgIpc) is 3.19. The summed E-state index contributed by atoms with van der Waals surface area (Å²) < 4.78 is 4.83. The van der Waals surface area contributed by atoms with Gasteiger partial charge >= 0.3 is 0 Å². The van der Waals surface area contributed by atoms with Crippen LogP contribution in [0.1, 0.15) is 51.2 Å². The van der Waals surface area contributed by atoms with E-state index >= 15 is 0 Å². The molecule has 4 aromatic rings. The fraction of sp³-hybridized carbons (Fsp3) is 0.484. The minimum absolute atomic E-state index is 1.03. The Morgan fingerprint density at radius 1 is 0.543 bits per heavy atom. The van der Waals surface area contributed by atoms with E-state index in [4.69, 9.17) is 0 Å². The Morgan fingerprint density at radius 2 is 0.943 bits per heavy atom. The fourth-order valence-corrected chi connectivity index (χ4v) is 6.02. The van der Waals surface area contributed by atoms with Crippen molar-refractivity contribution >= 4 is 21.8 Å². The molecule has 1 aliphatic heterocycles. The maximum absolute atomic E-state index is 2.65. The number of fused-ring (bicyclic) bond motifs is 2. The Morgan fingerprint density at radius 3 is 1.34 bits per heavy atom. The lowest BCUT2D eigenvalue weighted by Crippen LogP contribution is -2.31. The van der Waals surface area contributed by atoms with Gasteiger partial charge in [-0.2, -0.15) is 0 Å². The summed E-state index contributed by atoms with van der Waals surface area (Å²) in [5, 5.41) is 2.83. The highest BCUT2D eigenvalue weighted by atomic mass is 15.2. The molecule has 1 saturated heterocycles. The first-order valence-electron chi connectivity index (χ1n) is 13.2. The number of benzene rings is 2. The normalized spacial score (nSPS) is 16.0. The first-order valence-corrected chi connectivity index (χ1v) is 13.2. The maximum Gasteiger partial charge on any atom is 0.0485 e. The third-order valence-electron chi connectivity index (χ3n) is 9.03. The summed E-state index contributed by atoms with van der Waals surface area (Å²) in [5.74, 6) is 0. The van der Waals surface area contributed by atoms with E-state index in [0.717, 1.165) is 26.2 Å². The monoisotopic (exact) mass is 470 g/mol. The topological polar surface area (TPSA) is 16.3 Å². The number of rotatable bonds is 4. The Hall–Kier alpha value is -2.56. The molecule has 0 unspecified atom stereocenters. The Labute approximate surface area is 211 Å². The van der Waals surface area contributed by atoms with Crippen molar-refractivity contribution in [2.45, 2.75) is 61.1 Å². The molecule has 35 heavy (non-hydrogen) atoms. The van der Waals surface area contributed by atoms with Gasteiger partial charge in [-0.25, -0.2) is 0 Å². The van der Waals surface area contributed by atoms with Crippen molar-refractivity contribution in [3.8, 4) is 0 Å². The number of nitrogens with zero attached hydrogens (tertiary/aromatic N) is 4. The van der Waals surface area contributed by atoms with Gasteiger partial charge in [-0.05, 0) is 119 Å². The Bertz CT molecular complexity index is 1310. The van der Waals surface area contributed by atoms with Crippen LogP contribution in [0.15, 0.2) is 24.3 Å². The summed E-state index contributed by atoms with van der Waals surface area (Å²) in [4.78, 5) is 5.31. The minimum atomic E-state index is 1.03. The molecule has 4 heteroatoms. The van der Waals surface area contributed by atoms with Crippen molar-refractivity contribution in [2.75, 3.05) is 26.2 Å². The molecule has 1 fully saturated rings. The van der Waals surface area contributed by atoms with Gasteiger partial charge in [0.2, 0.25) is 0 Å². The van der Waals surface area contributed by atoms with Crippen molar-refractivity contribution < 1.29 is 0 Å². The van der Waals surface area contributed by atoms with Gasteiger partial charge in [0.25, 0.3) is 0 Å². The molecule has 0 amide bonds. The minimum Gasteiger partial charge on any atom is -0.346 e. The average molecular weight is 471 g/mol. The van der Waals surface area contributed by atoms with E-state index in [-0.39, 0.29) is 0 Å². The fourth-order valence-electron chi connectivity index (χ4n) is 6.02. The first-order chi connectivity index (χ1) is 16.7. The van der Waals surface area contributed by atoms with Crippen LogP contribution in [0.2, 0.25) is 0 Å². The van der Waals surface area contributed by atoms with Crippen LogP contribution in [0.25, 0.3) is 21.8 Å². The zero-order chi connectivity index (χ0) is 25.0. The van der Waals surface area contributed by atoms with Crippen molar-refractivity contribution in [2.24, 2.45) is 14.1 Å². The lowest BCUT2D eigenvalue weighted by molar-refractivity contribution is 0.242. The number of aryl methyl sites for hydroxylation is 6. The molecule has 1 aliphatic rings. The summed E-state index contributed by atoms with van der Waals surface area (Å²) in [6.07, 6.45) is 1.22. The van der Waals surface area contributed by atoms with Crippen LogP contribution in [0.5, 0.6) is 0 Å². The van der Waals surface area contributed by atoms with Crippen LogP contribution in [-0.4, -0.2) is 45.1 Å². The van der Waals surface area contributed by atoms with E-state index in [1.165, 1.54) is 86.1 Å². The molecule has 0 radical (unpaired) electrons. The highest BCUT2D eigenvalue weighted by Gasteiger charge is 2.20. The van der Waals surface area contributed by atoms with Gasteiger partial charge in [-0.15, -0.1) is 0 Å². The molecule has 2 aromatic heterocycles. The smallest absolute Gasteiger partial charge is 0.0485 e. The predicted octanol–water partition coefficient (Wildman–Crippen LogP) is 6.23. The largest absolute Gasteiger partial charge is 0.346 e. The van der Waals surface area contributed by atoms with Crippen molar-refractivity contribution in [3.05, 3.63) is 69.0 Å². The molecule has 186 valence electrons. The molecule has 0 N–H and O–H groups in total. The standard InChI is InChI=1S/C31H42N4/c1-20-14-30-28(24(5)22(20)3)16-26(32(30)7)18-34-10-9-11-35(13-12-34)19-27-17-29-25(6)23(4)21(2)15-31(29)33(27)8/h14-17H,9-13,18-19H2,1-8H3. The van der Waals surface area contributed by atoms with Crippen LogP contribution < -0.4 is 0 Å². The predicted molar refractivity (Wildman–Crippen MR) is 149 cm³/mol. The highest BCUT2D eigenvalue weighted by molar-refractivity contribution is 5.87. The molecule has 2 aromatic carbocycles. The molecule has 0 atom stereocenters. The molecule has 0 saturated carbocycles. The SMILES string of the molecule is Cc1cc2c(cc(CN3CCCN(Cc4cc5c(C)c(C)c(C)cc5n4C)CC3)n2C)c(C)c1C. The molecular weight excluding hydrogens is 428 g/mol. The van der Waals surface area contributed by atoms with Crippen molar-refractivity contribution in [1.82, 2.24) is 18.9 Å². The van der Waals surface area contributed by atoms with Crippen LogP contribution in [0.4, 0.5) is 0 Å². The zero-order valence-electron chi connectivity index (χ0n) is 23.0. The van der Waals surface area contributed by atoms with Crippen molar-refractivity contribution in [1.29, 1.82) is 0 Å². The summed E-state index contributed by atoms with van der Waals surface area (Å²) in [5.41, 5.74) is 14.1. The third-order valence-corrected chi connectivity index (χ3v) is 9.03. The van der Waals surface area contributed by atoms with Gasteiger partial charge in [0.15, 0.2) is 0 Å². The lowest BCUT2D eigenvalue weighted by atomic mass is 10.0. The third kappa shape index (κ3) is 4.21. The van der Waals surface area contributed by atoms with E-state index in [1.807, 2.05) is 0 Å². The molecule has 0 aliphatic carbocycles. The van der Waals surface area contributed by atoms with Gasteiger partial charge in [0.05, 0.1) is 0 Å². The zero-order valence-corrected chi connectivity index (χ0v) is 23.0. The van der Waals surface area contributed by atoms with Gasteiger partial charge in [0.1, 0.15) is 0 Å².